The summed E-state index contributed by atoms with van der Waals surface area (Å²) in [6.07, 6.45) is 0.982. The Morgan fingerprint density at radius 2 is 2.00 bits per heavy atom. The first-order chi connectivity index (χ1) is 7.70. The minimum atomic E-state index is 0.334. The molecule has 1 aliphatic rings. The lowest BCUT2D eigenvalue weighted by Gasteiger charge is -2.14. The van der Waals surface area contributed by atoms with E-state index in [1.807, 2.05) is 13.1 Å². The lowest BCUT2D eigenvalue weighted by molar-refractivity contribution is 0.174. The summed E-state index contributed by atoms with van der Waals surface area (Å²) in [6, 6.07) is 4.11. The molecule has 0 amide bonds. The number of nitrogens with two attached hydrogens (primary N) is 1. The standard InChI is InChI=1S/C12H18N2O2/c1-9-5-11-12(16-8-15-11)6-10(9)3-4-14(2)7-13/h5-6H,3-4,7-8,13H2,1-2H3. The molecule has 0 fully saturated rings. The Bertz CT molecular complexity index is 380. The van der Waals surface area contributed by atoms with Crippen molar-refractivity contribution >= 4 is 0 Å². The van der Waals surface area contributed by atoms with Crippen molar-refractivity contribution in [1.29, 1.82) is 0 Å². The summed E-state index contributed by atoms with van der Waals surface area (Å²) in [6.45, 7) is 3.97. The third-order valence-corrected chi connectivity index (χ3v) is 2.91. The molecule has 1 heterocycles. The van der Waals surface area contributed by atoms with Crippen molar-refractivity contribution in [2.45, 2.75) is 13.3 Å². The van der Waals surface area contributed by atoms with E-state index in [1.165, 1.54) is 11.1 Å². The molecule has 2 rings (SSSR count). The van der Waals surface area contributed by atoms with E-state index in [2.05, 4.69) is 17.9 Å². The molecule has 0 saturated carbocycles. The zero-order valence-corrected chi connectivity index (χ0v) is 9.82. The van der Waals surface area contributed by atoms with Crippen LogP contribution in [0, 0.1) is 6.92 Å². The highest BCUT2D eigenvalue weighted by Crippen LogP contribution is 2.34. The van der Waals surface area contributed by atoms with Crippen LogP contribution in [0.4, 0.5) is 0 Å². The molecular weight excluding hydrogens is 204 g/mol. The van der Waals surface area contributed by atoms with E-state index in [0.29, 0.717) is 13.5 Å². The molecule has 1 aliphatic heterocycles. The normalized spacial score (nSPS) is 13.5. The highest BCUT2D eigenvalue weighted by Gasteiger charge is 2.15. The molecule has 0 atom stereocenters. The predicted octanol–water partition coefficient (Wildman–Crippen LogP) is 1.11. The average Bonchev–Trinajstić information content (AvgIpc) is 2.72. The van der Waals surface area contributed by atoms with Crippen molar-refractivity contribution in [3.05, 3.63) is 23.3 Å². The number of nitrogens with zero attached hydrogens (tertiary/aromatic N) is 1. The van der Waals surface area contributed by atoms with Gasteiger partial charge in [0.1, 0.15) is 0 Å². The van der Waals surface area contributed by atoms with Gasteiger partial charge in [-0.25, -0.2) is 0 Å². The number of hydrogen-bond acceptors (Lipinski definition) is 4. The van der Waals surface area contributed by atoms with Crippen LogP contribution in [0.5, 0.6) is 11.5 Å². The maximum absolute atomic E-state index is 5.55. The summed E-state index contributed by atoms with van der Waals surface area (Å²) in [4.78, 5) is 2.09. The number of fused-ring (bicyclic) bond motifs is 1. The van der Waals surface area contributed by atoms with E-state index in [9.17, 15) is 0 Å². The van der Waals surface area contributed by atoms with Gasteiger partial charge in [-0.05, 0) is 43.7 Å². The highest BCUT2D eigenvalue weighted by atomic mass is 16.7. The zero-order valence-electron chi connectivity index (χ0n) is 9.82. The van der Waals surface area contributed by atoms with Crippen LogP contribution in [0.15, 0.2) is 12.1 Å². The number of benzene rings is 1. The van der Waals surface area contributed by atoms with E-state index in [-0.39, 0.29) is 0 Å². The molecule has 0 aromatic heterocycles. The molecule has 0 unspecified atom stereocenters. The molecule has 1 aromatic rings. The van der Waals surface area contributed by atoms with E-state index in [1.54, 1.807) is 0 Å². The van der Waals surface area contributed by atoms with Crippen LogP contribution in [0.2, 0.25) is 0 Å². The molecule has 4 heteroatoms. The molecule has 0 aliphatic carbocycles. The van der Waals surface area contributed by atoms with E-state index >= 15 is 0 Å². The van der Waals surface area contributed by atoms with Gasteiger partial charge in [0.15, 0.2) is 11.5 Å². The molecule has 2 N–H and O–H groups in total. The van der Waals surface area contributed by atoms with Gasteiger partial charge >= 0.3 is 0 Å². The minimum Gasteiger partial charge on any atom is -0.454 e. The van der Waals surface area contributed by atoms with Crippen molar-refractivity contribution in [3.8, 4) is 11.5 Å². The van der Waals surface area contributed by atoms with Gasteiger partial charge in [0.2, 0.25) is 6.79 Å². The summed E-state index contributed by atoms with van der Waals surface area (Å²) in [5.41, 5.74) is 8.09. The van der Waals surface area contributed by atoms with Gasteiger partial charge in [-0.15, -0.1) is 0 Å². The lowest BCUT2D eigenvalue weighted by Crippen LogP contribution is -2.27. The zero-order chi connectivity index (χ0) is 11.5. The van der Waals surface area contributed by atoms with Gasteiger partial charge in [0.05, 0.1) is 0 Å². The van der Waals surface area contributed by atoms with Crippen LogP contribution in [-0.2, 0) is 6.42 Å². The number of likely N-dealkylation sites (N-methyl/N-ethyl adjacent to an activating group) is 1. The number of ether oxygens (including phenoxy) is 2. The molecule has 1 aromatic carbocycles. The fourth-order valence-electron chi connectivity index (χ4n) is 1.76. The second-order valence-corrected chi connectivity index (χ2v) is 4.14. The van der Waals surface area contributed by atoms with Crippen LogP contribution in [0.25, 0.3) is 0 Å². The predicted molar refractivity (Wildman–Crippen MR) is 62.7 cm³/mol. The Morgan fingerprint density at radius 1 is 1.31 bits per heavy atom. The van der Waals surface area contributed by atoms with E-state index in [0.717, 1.165) is 24.5 Å². The van der Waals surface area contributed by atoms with Crippen molar-refractivity contribution < 1.29 is 9.47 Å². The van der Waals surface area contributed by atoms with Gasteiger partial charge in [-0.3, -0.25) is 4.90 Å². The largest absolute Gasteiger partial charge is 0.454 e. The summed E-state index contributed by atoms with van der Waals surface area (Å²) >= 11 is 0. The molecule has 4 nitrogen and oxygen atoms in total. The summed E-state index contributed by atoms with van der Waals surface area (Å²) < 4.78 is 10.7. The van der Waals surface area contributed by atoms with Crippen LogP contribution >= 0.6 is 0 Å². The molecular formula is C12H18N2O2. The summed E-state index contributed by atoms with van der Waals surface area (Å²) in [5, 5.41) is 0. The van der Waals surface area contributed by atoms with Crippen LogP contribution in [0.1, 0.15) is 11.1 Å². The first-order valence-corrected chi connectivity index (χ1v) is 5.48. The second kappa shape index (κ2) is 4.72. The van der Waals surface area contributed by atoms with Crippen LogP contribution in [-0.4, -0.2) is 32.0 Å². The Morgan fingerprint density at radius 3 is 2.69 bits per heavy atom. The Kier molecular flexibility index (Phi) is 3.31. The van der Waals surface area contributed by atoms with Gasteiger partial charge in [0.25, 0.3) is 0 Å². The van der Waals surface area contributed by atoms with Crippen LogP contribution < -0.4 is 15.2 Å². The maximum Gasteiger partial charge on any atom is 0.231 e. The fraction of sp³-hybridized carbons (Fsp3) is 0.500. The van der Waals surface area contributed by atoms with Gasteiger partial charge in [-0.2, -0.15) is 0 Å². The smallest absolute Gasteiger partial charge is 0.231 e. The Hall–Kier alpha value is -1.26. The molecule has 0 spiro atoms. The fourth-order valence-corrected chi connectivity index (χ4v) is 1.76. The summed E-state index contributed by atoms with van der Waals surface area (Å²) in [7, 11) is 2.02. The molecule has 0 bridgehead atoms. The van der Waals surface area contributed by atoms with Gasteiger partial charge in [-0.1, -0.05) is 0 Å². The highest BCUT2D eigenvalue weighted by molar-refractivity contribution is 5.48. The maximum atomic E-state index is 5.55. The van der Waals surface area contributed by atoms with Crippen LogP contribution in [0.3, 0.4) is 0 Å². The Balaban J connectivity index is 2.09. The van der Waals surface area contributed by atoms with Crippen molar-refractivity contribution in [1.82, 2.24) is 4.90 Å². The number of rotatable bonds is 4. The van der Waals surface area contributed by atoms with E-state index in [4.69, 9.17) is 15.2 Å². The van der Waals surface area contributed by atoms with Crippen molar-refractivity contribution in [2.75, 3.05) is 27.1 Å². The number of aryl methyl sites for hydroxylation is 1. The SMILES string of the molecule is Cc1cc2c(cc1CCN(C)CN)OCO2. The quantitative estimate of drug-likeness (QED) is 0.775. The number of hydrogen-bond donors (Lipinski definition) is 1. The average molecular weight is 222 g/mol. The topological polar surface area (TPSA) is 47.7 Å². The van der Waals surface area contributed by atoms with Crippen molar-refractivity contribution in [3.63, 3.8) is 0 Å². The Labute approximate surface area is 95.9 Å². The van der Waals surface area contributed by atoms with Gasteiger partial charge in [0, 0.05) is 13.2 Å². The third kappa shape index (κ3) is 2.28. The summed E-state index contributed by atoms with van der Waals surface area (Å²) in [5.74, 6) is 1.71. The molecule has 0 radical (unpaired) electrons. The first kappa shape index (κ1) is 11.2. The minimum absolute atomic E-state index is 0.334. The van der Waals surface area contributed by atoms with Crippen molar-refractivity contribution in [2.24, 2.45) is 5.73 Å². The monoisotopic (exact) mass is 222 g/mol. The van der Waals surface area contributed by atoms with Gasteiger partial charge < -0.3 is 15.2 Å². The third-order valence-electron chi connectivity index (χ3n) is 2.91. The molecule has 16 heavy (non-hydrogen) atoms. The van der Waals surface area contributed by atoms with E-state index < -0.39 is 0 Å². The second-order valence-electron chi connectivity index (χ2n) is 4.14. The molecule has 88 valence electrons. The molecule has 0 saturated heterocycles. The first-order valence-electron chi connectivity index (χ1n) is 5.48. The lowest BCUT2D eigenvalue weighted by atomic mass is 10.0.